The lowest BCUT2D eigenvalue weighted by Crippen LogP contribution is -2.51. The van der Waals surface area contributed by atoms with E-state index >= 15 is 0 Å². The number of carbonyl (C=O) groups excluding carboxylic acids is 4. The van der Waals surface area contributed by atoms with Crippen LogP contribution >= 0.6 is 11.6 Å². The smallest absolute Gasteiger partial charge is 0.328 e. The molecule has 14 heteroatoms. The van der Waals surface area contributed by atoms with Gasteiger partial charge in [0.2, 0.25) is 5.91 Å². The van der Waals surface area contributed by atoms with Crippen LogP contribution in [0.5, 0.6) is 0 Å². The minimum Gasteiger partial charge on any atom is -0.386 e. The molecule has 4 fully saturated rings. The number of benzene rings is 2. The first kappa shape index (κ1) is 38.0. The molecule has 4 aromatic rings. The van der Waals surface area contributed by atoms with Crippen molar-refractivity contribution in [3.05, 3.63) is 82.3 Å². The van der Waals surface area contributed by atoms with Crippen molar-refractivity contribution in [2.45, 2.75) is 77.4 Å². The molecule has 0 atom stereocenters. The van der Waals surface area contributed by atoms with Crippen LogP contribution in [-0.4, -0.2) is 92.7 Å². The maximum atomic E-state index is 13.5. The number of fused-ring (bicyclic) bond motifs is 1. The highest BCUT2D eigenvalue weighted by Crippen LogP contribution is 2.53. The van der Waals surface area contributed by atoms with E-state index in [1.54, 1.807) is 44.2 Å². The fourth-order valence-corrected chi connectivity index (χ4v) is 9.41. The topological polar surface area (TPSA) is 153 Å². The third kappa shape index (κ3) is 7.76. The van der Waals surface area contributed by atoms with E-state index < -0.39 is 11.6 Å². The molecule has 3 saturated heterocycles. The molecule has 0 radical (unpaired) electrons. The summed E-state index contributed by atoms with van der Waals surface area (Å²) >= 11 is 6.41. The van der Waals surface area contributed by atoms with Crippen molar-refractivity contribution < 1.29 is 24.3 Å². The van der Waals surface area contributed by atoms with Crippen molar-refractivity contribution in [2.75, 3.05) is 49.5 Å². The molecule has 3 aliphatic heterocycles. The highest BCUT2D eigenvalue weighted by atomic mass is 35.5. The number of likely N-dealkylation sites (tertiary alicyclic amines) is 2. The van der Waals surface area contributed by atoms with Gasteiger partial charge in [0.25, 0.3) is 11.8 Å². The number of aliphatic hydroxyl groups is 1. The monoisotopic (exact) mass is 780 g/mol. The van der Waals surface area contributed by atoms with Gasteiger partial charge in [-0.25, -0.2) is 9.78 Å². The lowest BCUT2D eigenvalue weighted by Gasteiger charge is -2.53. The highest BCUT2D eigenvalue weighted by Gasteiger charge is 2.47. The summed E-state index contributed by atoms with van der Waals surface area (Å²) in [6.07, 6.45) is 8.59. The zero-order valence-electron chi connectivity index (χ0n) is 32.2. The van der Waals surface area contributed by atoms with Crippen LogP contribution in [0.15, 0.2) is 54.7 Å². The van der Waals surface area contributed by atoms with Crippen molar-refractivity contribution in [1.29, 1.82) is 0 Å². The molecule has 0 bridgehead atoms. The number of hydrogen-bond donors (Lipinski definition) is 3. The fraction of sp³-hybridized carbons (Fsp3) is 0.476. The third-order valence-corrected chi connectivity index (χ3v) is 12.5. The van der Waals surface area contributed by atoms with Gasteiger partial charge in [-0.15, -0.1) is 0 Å². The van der Waals surface area contributed by atoms with E-state index in [2.05, 4.69) is 31.4 Å². The Labute approximate surface area is 331 Å². The zero-order chi connectivity index (χ0) is 39.4. The number of pyridine rings is 1. The zero-order valence-corrected chi connectivity index (χ0v) is 32.9. The number of hydrogen-bond acceptors (Lipinski definition) is 8. The SMILES string of the molecule is Cc1cccc(C(=O)Nc2cc3cn(C4CCN(CC5CC6(CCN(C(=O)c7ccc(Cl)c(N8CCC(=O)NC8=O)c7)CC6)C5)CC4)nc3cc2C(C)(C)O)n1. The molecule has 4 aliphatic rings. The molecule has 1 saturated carbocycles. The first-order valence-corrected chi connectivity index (χ1v) is 20.0. The number of nitrogens with zero attached hydrogens (tertiary/aromatic N) is 6. The Balaban J connectivity index is 0.827. The number of halogens is 1. The second kappa shape index (κ2) is 14.9. The molecule has 2 aromatic carbocycles. The summed E-state index contributed by atoms with van der Waals surface area (Å²) in [5, 5.41) is 22.5. The highest BCUT2D eigenvalue weighted by molar-refractivity contribution is 6.34. The maximum Gasteiger partial charge on any atom is 0.328 e. The van der Waals surface area contributed by atoms with Gasteiger partial charge in [-0.05, 0) is 113 Å². The number of anilines is 2. The molecule has 3 N–H and O–H groups in total. The quantitative estimate of drug-likeness (QED) is 0.189. The Morgan fingerprint density at radius 1 is 1.02 bits per heavy atom. The molecule has 2 aromatic heterocycles. The molecule has 5 amide bonds. The standard InChI is InChI=1S/C42H49ClN8O5/c1-26-5-4-6-33(44-26)38(53)45-35-19-29-25-51(47-34(29)21-31(35)41(2,3)56)30-9-14-48(15-10-30)24-27-22-42(23-27)12-17-49(18-13-42)39(54)28-7-8-32(43)36(20-28)50-16-11-37(52)46-40(50)55/h4-8,19-21,25,27,30,56H,9-18,22-24H2,1-3H3,(H,45,53)(H,46,52,55). The predicted octanol–water partition coefficient (Wildman–Crippen LogP) is 6.29. The Hall–Kier alpha value is -4.85. The molecule has 8 rings (SSSR count). The van der Waals surface area contributed by atoms with Crippen LogP contribution in [0.3, 0.4) is 0 Å². The summed E-state index contributed by atoms with van der Waals surface area (Å²) < 4.78 is 2.06. The molecular formula is C42H49ClN8O5. The normalized spacial score (nSPS) is 19.7. The minimum atomic E-state index is -1.19. The van der Waals surface area contributed by atoms with Crippen LogP contribution in [0.1, 0.15) is 96.9 Å². The second-order valence-electron chi connectivity index (χ2n) is 16.8. The van der Waals surface area contributed by atoms with Crippen molar-refractivity contribution >= 4 is 57.6 Å². The van der Waals surface area contributed by atoms with Crippen LogP contribution in [0.2, 0.25) is 5.02 Å². The maximum absolute atomic E-state index is 13.5. The van der Waals surface area contributed by atoms with E-state index in [1.807, 2.05) is 30.0 Å². The number of rotatable bonds is 8. The Kier molecular flexibility index (Phi) is 10.1. The van der Waals surface area contributed by atoms with Gasteiger partial charge in [0.05, 0.1) is 27.9 Å². The van der Waals surface area contributed by atoms with Gasteiger partial charge in [-0.2, -0.15) is 5.10 Å². The fourth-order valence-electron chi connectivity index (χ4n) is 9.19. The lowest BCUT2D eigenvalue weighted by atomic mass is 9.57. The first-order chi connectivity index (χ1) is 26.7. The van der Waals surface area contributed by atoms with Crippen LogP contribution in [0.4, 0.5) is 16.2 Å². The van der Waals surface area contributed by atoms with Gasteiger partial charge in [0.1, 0.15) is 5.69 Å². The Morgan fingerprint density at radius 3 is 2.46 bits per heavy atom. The summed E-state index contributed by atoms with van der Waals surface area (Å²) in [4.78, 5) is 61.0. The molecule has 5 heterocycles. The summed E-state index contributed by atoms with van der Waals surface area (Å²) in [7, 11) is 0. The molecule has 1 aliphatic carbocycles. The molecule has 0 unspecified atom stereocenters. The van der Waals surface area contributed by atoms with Crippen molar-refractivity contribution in [3.8, 4) is 0 Å². The number of urea groups is 1. The average molecular weight is 781 g/mol. The van der Waals surface area contributed by atoms with Crippen LogP contribution in [-0.2, 0) is 10.4 Å². The Morgan fingerprint density at radius 2 is 1.77 bits per heavy atom. The molecule has 1 spiro atoms. The summed E-state index contributed by atoms with van der Waals surface area (Å²) in [6.45, 7) is 10.0. The van der Waals surface area contributed by atoms with E-state index in [4.69, 9.17) is 16.7 Å². The number of carbonyl (C=O) groups is 4. The minimum absolute atomic E-state index is 0.0596. The van der Waals surface area contributed by atoms with Crippen LogP contribution in [0, 0.1) is 18.3 Å². The van der Waals surface area contributed by atoms with E-state index in [0.29, 0.717) is 57.6 Å². The van der Waals surface area contributed by atoms with Gasteiger partial charge < -0.3 is 20.2 Å². The van der Waals surface area contributed by atoms with Gasteiger partial charge in [0, 0.05) is 79.8 Å². The van der Waals surface area contributed by atoms with E-state index in [0.717, 1.165) is 61.9 Å². The Bertz CT molecular complexity index is 2190. The van der Waals surface area contributed by atoms with Gasteiger partial charge in [-0.1, -0.05) is 17.7 Å². The summed E-state index contributed by atoms with van der Waals surface area (Å²) in [6, 6.07) is 13.9. The molecular weight excluding hydrogens is 732 g/mol. The number of aryl methyl sites for hydroxylation is 1. The predicted molar refractivity (Wildman–Crippen MR) is 214 cm³/mol. The van der Waals surface area contributed by atoms with Crippen molar-refractivity contribution in [1.82, 2.24) is 29.9 Å². The van der Waals surface area contributed by atoms with Crippen molar-refractivity contribution in [3.63, 3.8) is 0 Å². The molecule has 13 nitrogen and oxygen atoms in total. The lowest BCUT2D eigenvalue weighted by molar-refractivity contribution is -0.120. The van der Waals surface area contributed by atoms with Crippen LogP contribution < -0.4 is 15.5 Å². The summed E-state index contributed by atoms with van der Waals surface area (Å²) in [5.74, 6) is -0.0467. The third-order valence-electron chi connectivity index (χ3n) is 12.2. The van der Waals surface area contributed by atoms with E-state index in [1.165, 1.54) is 17.7 Å². The van der Waals surface area contributed by atoms with Crippen LogP contribution in [0.25, 0.3) is 10.9 Å². The van der Waals surface area contributed by atoms with Gasteiger partial charge >= 0.3 is 6.03 Å². The molecule has 294 valence electrons. The number of piperidine rings is 2. The second-order valence-corrected chi connectivity index (χ2v) is 17.2. The number of imide groups is 1. The largest absolute Gasteiger partial charge is 0.386 e. The van der Waals surface area contributed by atoms with E-state index in [9.17, 15) is 24.3 Å². The first-order valence-electron chi connectivity index (χ1n) is 19.7. The summed E-state index contributed by atoms with van der Waals surface area (Å²) in [5.41, 5.74) is 3.05. The number of amides is 5. The number of nitrogens with one attached hydrogen (secondary N) is 2. The van der Waals surface area contributed by atoms with Crippen molar-refractivity contribution in [2.24, 2.45) is 11.3 Å². The van der Waals surface area contributed by atoms with Gasteiger partial charge in [-0.3, -0.25) is 29.3 Å². The van der Waals surface area contributed by atoms with Gasteiger partial charge in [0.15, 0.2) is 0 Å². The average Bonchev–Trinajstić information content (AvgIpc) is 3.57. The van der Waals surface area contributed by atoms with E-state index in [-0.39, 0.29) is 36.7 Å². The molecule has 56 heavy (non-hydrogen) atoms. The number of aromatic nitrogens is 3.